The molecule has 0 rings (SSSR count). The molecule has 0 amide bonds. The van der Waals surface area contributed by atoms with E-state index in [0.717, 1.165) is 89.9 Å². The van der Waals surface area contributed by atoms with Crippen molar-refractivity contribution in [2.45, 2.75) is 232 Å². The summed E-state index contributed by atoms with van der Waals surface area (Å²) in [7, 11) is 0. The highest BCUT2D eigenvalue weighted by molar-refractivity contribution is 5.71. The predicted octanol–water partition coefficient (Wildman–Crippen LogP) is 15.9. The topological polar surface area (TPSA) is 78.9 Å². The van der Waals surface area contributed by atoms with E-state index in [-0.39, 0.29) is 31.6 Å². The van der Waals surface area contributed by atoms with Crippen molar-refractivity contribution in [3.8, 4) is 0 Å². The molecule has 6 nitrogen and oxygen atoms in total. The van der Waals surface area contributed by atoms with Crippen LogP contribution < -0.4 is 0 Å². The van der Waals surface area contributed by atoms with Gasteiger partial charge in [0.2, 0.25) is 0 Å². The smallest absolute Gasteiger partial charge is 0.306 e. The van der Waals surface area contributed by atoms with E-state index in [0.29, 0.717) is 19.3 Å². The fourth-order valence-corrected chi connectivity index (χ4v) is 6.54. The SMILES string of the molecule is CC/C=C\C/C=C\C/C=C\C/C=C\CCC(=O)OC(COC(=O)CCCCCCC/C=C\C/C=C\CCCCC)COC(=O)CCCCCCCCCCCCCCC. The second-order valence-corrected chi connectivity index (χ2v) is 16.0. The van der Waals surface area contributed by atoms with Crippen LogP contribution in [0.1, 0.15) is 226 Å². The molecule has 0 aliphatic heterocycles. The Morgan fingerprint density at radius 1 is 0.356 bits per heavy atom. The van der Waals surface area contributed by atoms with E-state index in [2.05, 4.69) is 81.5 Å². The standard InChI is InChI=1S/C53H90O6/c1-4-7-10-13-16-19-22-25-26-29-31-34-37-40-43-46-52(55)58-49-50(59-53(56)47-44-41-38-35-32-28-24-21-18-15-12-9-6-3)48-57-51(54)45-42-39-36-33-30-27-23-20-17-14-11-8-5-2/h9,12,16,18-19,21,25-26,28,32,38,41,50H,4-8,10-11,13-15,17,20,22-24,27,29-31,33-37,39-40,42-49H2,1-3H3/b12-9-,19-16-,21-18-,26-25-,32-28-,41-38-. The van der Waals surface area contributed by atoms with Crippen LogP contribution >= 0.6 is 0 Å². The van der Waals surface area contributed by atoms with Gasteiger partial charge in [-0.05, 0) is 77.0 Å². The third kappa shape index (κ3) is 45.8. The number of carbonyl (C=O) groups excluding carboxylic acids is 3. The van der Waals surface area contributed by atoms with Crippen LogP contribution in [-0.4, -0.2) is 37.2 Å². The van der Waals surface area contributed by atoms with Gasteiger partial charge in [-0.2, -0.15) is 0 Å². The molecule has 0 N–H and O–H groups in total. The Bertz CT molecular complexity index is 1130. The largest absolute Gasteiger partial charge is 0.462 e. The highest BCUT2D eigenvalue weighted by atomic mass is 16.6. The zero-order valence-corrected chi connectivity index (χ0v) is 38.5. The summed E-state index contributed by atoms with van der Waals surface area (Å²) in [6.45, 7) is 6.41. The van der Waals surface area contributed by atoms with Crippen LogP contribution in [0.15, 0.2) is 72.9 Å². The number of hydrogen-bond donors (Lipinski definition) is 0. The average molecular weight is 823 g/mol. The molecule has 0 radical (unpaired) electrons. The highest BCUT2D eigenvalue weighted by Crippen LogP contribution is 2.14. The lowest BCUT2D eigenvalue weighted by molar-refractivity contribution is -0.166. The number of ether oxygens (including phenoxy) is 3. The molecule has 6 heteroatoms. The number of rotatable bonds is 43. The molecular weight excluding hydrogens is 733 g/mol. The van der Waals surface area contributed by atoms with Gasteiger partial charge in [0.1, 0.15) is 13.2 Å². The Morgan fingerprint density at radius 2 is 0.695 bits per heavy atom. The fraction of sp³-hybridized carbons (Fsp3) is 0.717. The zero-order valence-electron chi connectivity index (χ0n) is 38.5. The molecule has 0 aliphatic rings. The first-order valence-corrected chi connectivity index (χ1v) is 24.4. The molecule has 0 aromatic heterocycles. The van der Waals surface area contributed by atoms with Gasteiger partial charge in [0.15, 0.2) is 6.10 Å². The lowest BCUT2D eigenvalue weighted by atomic mass is 10.0. The van der Waals surface area contributed by atoms with E-state index in [1.54, 1.807) is 0 Å². The van der Waals surface area contributed by atoms with E-state index >= 15 is 0 Å². The lowest BCUT2D eigenvalue weighted by Gasteiger charge is -2.18. The van der Waals surface area contributed by atoms with Crippen LogP contribution in [0.3, 0.4) is 0 Å². The second kappa shape index (κ2) is 47.5. The van der Waals surface area contributed by atoms with Crippen LogP contribution in [-0.2, 0) is 28.6 Å². The van der Waals surface area contributed by atoms with Gasteiger partial charge in [-0.1, -0.05) is 203 Å². The minimum Gasteiger partial charge on any atom is -0.462 e. The van der Waals surface area contributed by atoms with Crippen molar-refractivity contribution in [1.29, 1.82) is 0 Å². The van der Waals surface area contributed by atoms with Gasteiger partial charge >= 0.3 is 17.9 Å². The summed E-state index contributed by atoms with van der Waals surface area (Å²) in [6, 6.07) is 0. The average Bonchev–Trinajstić information content (AvgIpc) is 3.23. The first-order valence-electron chi connectivity index (χ1n) is 24.4. The number of hydrogen-bond acceptors (Lipinski definition) is 6. The molecule has 0 bridgehead atoms. The monoisotopic (exact) mass is 823 g/mol. The Hall–Kier alpha value is -3.15. The molecule has 0 heterocycles. The van der Waals surface area contributed by atoms with Crippen molar-refractivity contribution < 1.29 is 28.6 Å². The van der Waals surface area contributed by atoms with E-state index in [9.17, 15) is 14.4 Å². The predicted molar refractivity (Wildman–Crippen MR) is 251 cm³/mol. The van der Waals surface area contributed by atoms with E-state index in [4.69, 9.17) is 14.2 Å². The van der Waals surface area contributed by atoms with Crippen molar-refractivity contribution in [3.05, 3.63) is 72.9 Å². The van der Waals surface area contributed by atoms with Crippen LogP contribution in [0.2, 0.25) is 0 Å². The minimum absolute atomic E-state index is 0.107. The molecule has 0 saturated carbocycles. The number of carbonyl (C=O) groups is 3. The van der Waals surface area contributed by atoms with Gasteiger partial charge in [-0.25, -0.2) is 0 Å². The fourth-order valence-electron chi connectivity index (χ4n) is 6.54. The quantitative estimate of drug-likeness (QED) is 0.0264. The van der Waals surface area contributed by atoms with Gasteiger partial charge in [0.05, 0.1) is 0 Å². The zero-order chi connectivity index (χ0) is 43.0. The molecule has 0 saturated heterocycles. The van der Waals surface area contributed by atoms with Gasteiger partial charge in [0.25, 0.3) is 0 Å². The normalized spacial score (nSPS) is 12.7. The third-order valence-electron chi connectivity index (χ3n) is 10.2. The summed E-state index contributed by atoms with van der Waals surface area (Å²) in [5.74, 6) is -1.00. The molecule has 338 valence electrons. The van der Waals surface area contributed by atoms with Crippen LogP contribution in [0.4, 0.5) is 0 Å². The van der Waals surface area contributed by atoms with Gasteiger partial charge < -0.3 is 14.2 Å². The van der Waals surface area contributed by atoms with Crippen molar-refractivity contribution >= 4 is 17.9 Å². The minimum atomic E-state index is -0.816. The first kappa shape index (κ1) is 55.9. The molecular formula is C53H90O6. The second-order valence-electron chi connectivity index (χ2n) is 16.0. The molecule has 1 unspecified atom stereocenters. The Labute approximate surface area is 363 Å². The summed E-state index contributed by atoms with van der Waals surface area (Å²) < 4.78 is 16.7. The van der Waals surface area contributed by atoms with Gasteiger partial charge in [-0.15, -0.1) is 0 Å². The van der Waals surface area contributed by atoms with Gasteiger partial charge in [0, 0.05) is 19.3 Å². The molecule has 0 fully saturated rings. The molecule has 0 aromatic rings. The molecule has 0 aromatic carbocycles. The Balaban J connectivity index is 4.49. The summed E-state index contributed by atoms with van der Waals surface area (Å²) in [4.78, 5) is 37.8. The summed E-state index contributed by atoms with van der Waals surface area (Å²) in [5, 5.41) is 0. The number of unbranched alkanes of at least 4 members (excludes halogenated alkanes) is 20. The van der Waals surface area contributed by atoms with Gasteiger partial charge in [-0.3, -0.25) is 14.4 Å². The number of allylic oxidation sites excluding steroid dienone is 12. The Kier molecular flexibility index (Phi) is 45.0. The number of esters is 3. The van der Waals surface area contributed by atoms with E-state index in [1.807, 2.05) is 12.2 Å². The maximum absolute atomic E-state index is 12.7. The molecule has 0 aliphatic carbocycles. The third-order valence-corrected chi connectivity index (χ3v) is 10.2. The molecule has 1 atom stereocenters. The lowest BCUT2D eigenvalue weighted by Crippen LogP contribution is -2.30. The Morgan fingerprint density at radius 3 is 1.14 bits per heavy atom. The van der Waals surface area contributed by atoms with Crippen LogP contribution in [0.25, 0.3) is 0 Å². The summed E-state index contributed by atoms with van der Waals surface area (Å²) >= 11 is 0. The van der Waals surface area contributed by atoms with Crippen LogP contribution in [0.5, 0.6) is 0 Å². The van der Waals surface area contributed by atoms with Crippen molar-refractivity contribution in [2.75, 3.05) is 13.2 Å². The summed E-state index contributed by atoms with van der Waals surface area (Å²) in [5.41, 5.74) is 0. The molecule has 59 heavy (non-hydrogen) atoms. The van der Waals surface area contributed by atoms with Crippen molar-refractivity contribution in [3.63, 3.8) is 0 Å². The molecule has 0 spiro atoms. The van der Waals surface area contributed by atoms with Crippen molar-refractivity contribution in [2.24, 2.45) is 0 Å². The van der Waals surface area contributed by atoms with Crippen molar-refractivity contribution in [1.82, 2.24) is 0 Å². The van der Waals surface area contributed by atoms with E-state index < -0.39 is 12.1 Å². The highest BCUT2D eigenvalue weighted by Gasteiger charge is 2.19. The first-order chi connectivity index (χ1) is 29.0. The van der Waals surface area contributed by atoms with E-state index in [1.165, 1.54) is 89.9 Å². The maximum atomic E-state index is 12.7. The van der Waals surface area contributed by atoms with Crippen LogP contribution in [0, 0.1) is 0 Å². The maximum Gasteiger partial charge on any atom is 0.306 e. The summed E-state index contributed by atoms with van der Waals surface area (Å²) in [6.07, 6.45) is 58.9.